The molecule has 2 unspecified atom stereocenters. The molecule has 1 aliphatic heterocycles. The molecule has 126 valence electrons. The highest BCUT2D eigenvalue weighted by Crippen LogP contribution is 2.37. The van der Waals surface area contributed by atoms with Gasteiger partial charge in [-0.05, 0) is 63.4 Å². The van der Waals surface area contributed by atoms with E-state index in [1.807, 2.05) is 6.92 Å². The summed E-state index contributed by atoms with van der Waals surface area (Å²) in [5, 5.41) is 9.65. The minimum Gasteiger partial charge on any atom is -0.393 e. The van der Waals surface area contributed by atoms with Gasteiger partial charge in [0.15, 0.2) is 0 Å². The molecule has 0 bridgehead atoms. The van der Waals surface area contributed by atoms with Gasteiger partial charge in [0.1, 0.15) is 0 Å². The first-order valence-corrected chi connectivity index (χ1v) is 9.18. The second kappa shape index (κ2) is 7.48. The molecule has 3 rings (SSSR count). The van der Waals surface area contributed by atoms with Crippen LogP contribution in [0.5, 0.6) is 0 Å². The van der Waals surface area contributed by atoms with E-state index >= 15 is 0 Å². The predicted molar refractivity (Wildman–Crippen MR) is 92.2 cm³/mol. The number of aliphatic hydroxyl groups excluding tert-OH is 1. The zero-order valence-corrected chi connectivity index (χ0v) is 14.2. The van der Waals surface area contributed by atoms with Crippen LogP contribution in [-0.4, -0.2) is 34.6 Å². The van der Waals surface area contributed by atoms with Gasteiger partial charge in [-0.15, -0.1) is 0 Å². The number of hydrogen-bond acceptors (Lipinski definition) is 2. The smallest absolute Gasteiger partial charge is 0.225 e. The van der Waals surface area contributed by atoms with Crippen LogP contribution in [0.15, 0.2) is 30.3 Å². The van der Waals surface area contributed by atoms with Crippen molar-refractivity contribution in [3.05, 3.63) is 35.9 Å². The highest BCUT2D eigenvalue weighted by Gasteiger charge is 2.35. The molecule has 1 heterocycles. The highest BCUT2D eigenvalue weighted by atomic mass is 16.3. The third-order valence-electron chi connectivity index (χ3n) is 5.62. The fourth-order valence-electron chi connectivity index (χ4n) is 4.40. The van der Waals surface area contributed by atoms with Gasteiger partial charge in [-0.2, -0.15) is 0 Å². The van der Waals surface area contributed by atoms with E-state index in [2.05, 4.69) is 35.2 Å². The second-order valence-corrected chi connectivity index (χ2v) is 7.37. The molecule has 2 atom stereocenters. The molecule has 0 radical (unpaired) electrons. The van der Waals surface area contributed by atoms with Gasteiger partial charge >= 0.3 is 0 Å². The summed E-state index contributed by atoms with van der Waals surface area (Å²) < 4.78 is 0. The Morgan fingerprint density at radius 1 is 1.17 bits per heavy atom. The van der Waals surface area contributed by atoms with Crippen LogP contribution in [0, 0.1) is 5.92 Å². The average Bonchev–Trinajstić information content (AvgIpc) is 3.02. The van der Waals surface area contributed by atoms with Crippen molar-refractivity contribution in [2.75, 3.05) is 6.54 Å². The van der Waals surface area contributed by atoms with E-state index in [1.54, 1.807) is 0 Å². The summed E-state index contributed by atoms with van der Waals surface area (Å²) in [5.74, 6) is 1.16. The van der Waals surface area contributed by atoms with Gasteiger partial charge in [0.2, 0.25) is 5.91 Å². The Labute approximate surface area is 139 Å². The highest BCUT2D eigenvalue weighted by molar-refractivity contribution is 5.79. The van der Waals surface area contributed by atoms with E-state index in [9.17, 15) is 9.90 Å². The van der Waals surface area contributed by atoms with E-state index in [1.165, 1.54) is 5.56 Å². The van der Waals surface area contributed by atoms with Crippen LogP contribution in [0.25, 0.3) is 0 Å². The zero-order chi connectivity index (χ0) is 16.2. The Morgan fingerprint density at radius 3 is 2.52 bits per heavy atom. The molecule has 2 fully saturated rings. The average molecular weight is 315 g/mol. The molecule has 1 saturated heterocycles. The van der Waals surface area contributed by atoms with Crippen molar-refractivity contribution in [1.29, 1.82) is 0 Å². The fraction of sp³-hybridized carbons (Fsp3) is 0.650. The largest absolute Gasteiger partial charge is 0.393 e. The molecule has 1 aromatic rings. The van der Waals surface area contributed by atoms with Crippen LogP contribution < -0.4 is 0 Å². The molecule has 1 aromatic carbocycles. The van der Waals surface area contributed by atoms with Crippen LogP contribution in [0.2, 0.25) is 0 Å². The monoisotopic (exact) mass is 315 g/mol. The summed E-state index contributed by atoms with van der Waals surface area (Å²) in [6, 6.07) is 11.0. The number of benzene rings is 1. The molecule has 3 heteroatoms. The minimum absolute atomic E-state index is 0.199. The Morgan fingerprint density at radius 2 is 1.87 bits per heavy atom. The Bertz CT molecular complexity index is 506. The topological polar surface area (TPSA) is 40.5 Å². The third-order valence-corrected chi connectivity index (χ3v) is 5.62. The van der Waals surface area contributed by atoms with Crippen LogP contribution >= 0.6 is 0 Å². The van der Waals surface area contributed by atoms with Crippen molar-refractivity contribution in [2.24, 2.45) is 5.92 Å². The fourth-order valence-corrected chi connectivity index (χ4v) is 4.40. The van der Waals surface area contributed by atoms with E-state index < -0.39 is 0 Å². The quantitative estimate of drug-likeness (QED) is 0.920. The summed E-state index contributed by atoms with van der Waals surface area (Å²) >= 11 is 0. The third kappa shape index (κ3) is 3.95. The lowest BCUT2D eigenvalue weighted by Gasteiger charge is -2.33. The van der Waals surface area contributed by atoms with Crippen LogP contribution in [0.1, 0.15) is 63.4 Å². The van der Waals surface area contributed by atoms with Crippen LogP contribution in [-0.2, 0) is 4.79 Å². The molecule has 0 spiro atoms. The maximum Gasteiger partial charge on any atom is 0.225 e. The molecule has 1 aliphatic carbocycles. The summed E-state index contributed by atoms with van der Waals surface area (Å²) in [7, 11) is 0. The van der Waals surface area contributed by atoms with Crippen molar-refractivity contribution in [3.63, 3.8) is 0 Å². The normalized spacial score (nSPS) is 29.5. The van der Waals surface area contributed by atoms with Gasteiger partial charge in [0.25, 0.3) is 0 Å². The molecule has 3 nitrogen and oxygen atoms in total. The zero-order valence-electron chi connectivity index (χ0n) is 14.2. The van der Waals surface area contributed by atoms with Gasteiger partial charge in [0, 0.05) is 18.5 Å². The number of rotatable bonds is 4. The van der Waals surface area contributed by atoms with Crippen molar-refractivity contribution in [3.8, 4) is 0 Å². The first-order chi connectivity index (χ1) is 11.1. The number of nitrogens with zero attached hydrogens (tertiary/aromatic N) is 1. The summed E-state index contributed by atoms with van der Waals surface area (Å²) in [6.07, 6.45) is 6.81. The van der Waals surface area contributed by atoms with Crippen LogP contribution in [0.3, 0.4) is 0 Å². The van der Waals surface area contributed by atoms with E-state index in [0.29, 0.717) is 11.8 Å². The second-order valence-electron chi connectivity index (χ2n) is 7.37. The lowest BCUT2D eigenvalue weighted by Crippen LogP contribution is -2.41. The maximum absolute atomic E-state index is 12.9. The Balaban J connectivity index is 1.56. The number of carbonyl (C=O) groups is 1. The number of aliphatic hydroxyl groups is 1. The van der Waals surface area contributed by atoms with Crippen molar-refractivity contribution < 1.29 is 9.90 Å². The van der Waals surface area contributed by atoms with Crippen molar-refractivity contribution in [2.45, 2.75) is 69.9 Å². The predicted octanol–water partition coefficient (Wildman–Crippen LogP) is 3.72. The molecule has 2 aliphatic rings. The summed E-state index contributed by atoms with van der Waals surface area (Å²) in [6.45, 7) is 2.71. The molecule has 1 amide bonds. The number of amides is 1. The first-order valence-electron chi connectivity index (χ1n) is 9.18. The molecule has 0 aromatic heterocycles. The minimum atomic E-state index is -0.317. The van der Waals surface area contributed by atoms with Crippen molar-refractivity contribution >= 4 is 5.91 Å². The standard InChI is InChI=1S/C20H29NO2/c1-15(22)14-19-8-5-13-21(19)20(23)18-11-9-17(10-12-18)16-6-3-2-4-7-16/h2-4,6-7,15,17-19,22H,5,8-14H2,1H3. The van der Waals surface area contributed by atoms with Crippen LogP contribution in [0.4, 0.5) is 0 Å². The lowest BCUT2D eigenvalue weighted by atomic mass is 9.78. The molecule has 23 heavy (non-hydrogen) atoms. The van der Waals surface area contributed by atoms with Crippen molar-refractivity contribution in [1.82, 2.24) is 4.90 Å². The van der Waals surface area contributed by atoms with E-state index in [4.69, 9.17) is 0 Å². The van der Waals surface area contributed by atoms with E-state index in [-0.39, 0.29) is 18.1 Å². The van der Waals surface area contributed by atoms with Gasteiger partial charge in [-0.1, -0.05) is 30.3 Å². The van der Waals surface area contributed by atoms with Gasteiger partial charge in [0.05, 0.1) is 6.10 Å². The summed E-state index contributed by atoms with van der Waals surface area (Å²) in [5.41, 5.74) is 1.42. The lowest BCUT2D eigenvalue weighted by molar-refractivity contribution is -0.137. The van der Waals surface area contributed by atoms with Gasteiger partial charge in [-0.3, -0.25) is 4.79 Å². The number of carbonyl (C=O) groups excluding carboxylic acids is 1. The molecule has 1 saturated carbocycles. The summed E-state index contributed by atoms with van der Waals surface area (Å²) in [4.78, 5) is 14.9. The van der Waals surface area contributed by atoms with Gasteiger partial charge in [-0.25, -0.2) is 0 Å². The molecular weight excluding hydrogens is 286 g/mol. The number of hydrogen-bond donors (Lipinski definition) is 1. The molecular formula is C20H29NO2. The first kappa shape index (κ1) is 16.5. The Kier molecular flexibility index (Phi) is 5.37. The SMILES string of the molecule is CC(O)CC1CCCN1C(=O)C1CCC(c2ccccc2)CC1. The van der Waals surface area contributed by atoms with Gasteiger partial charge < -0.3 is 10.0 Å². The number of likely N-dealkylation sites (tertiary alicyclic amines) is 1. The van der Waals surface area contributed by atoms with E-state index in [0.717, 1.165) is 51.5 Å². The molecule has 1 N–H and O–H groups in total. The maximum atomic E-state index is 12.9. The Hall–Kier alpha value is -1.35.